The number of nitrogens with zero attached hydrogens (tertiary/aromatic N) is 3. The molecule has 110 valence electrons. The lowest BCUT2D eigenvalue weighted by Gasteiger charge is -2.07. The van der Waals surface area contributed by atoms with Gasteiger partial charge in [0.15, 0.2) is 0 Å². The minimum Gasteiger partial charge on any atom is -0.481 e. The third-order valence-corrected chi connectivity index (χ3v) is 2.95. The van der Waals surface area contributed by atoms with Crippen molar-refractivity contribution in [2.24, 2.45) is 0 Å². The summed E-state index contributed by atoms with van der Waals surface area (Å²) in [5.41, 5.74) is 2.39. The highest BCUT2D eigenvalue weighted by molar-refractivity contribution is 5.70. The van der Waals surface area contributed by atoms with Gasteiger partial charge in [-0.3, -0.25) is 4.79 Å². The van der Waals surface area contributed by atoms with Gasteiger partial charge in [0.2, 0.25) is 0 Å². The maximum Gasteiger partial charge on any atom is 0.341 e. The van der Waals surface area contributed by atoms with E-state index in [-0.39, 0.29) is 12.4 Å². The molecule has 0 aliphatic heterocycles. The van der Waals surface area contributed by atoms with Crippen molar-refractivity contribution in [1.82, 2.24) is 15.2 Å². The second kappa shape index (κ2) is 6.78. The lowest BCUT2D eigenvalue weighted by molar-refractivity contribution is -0.136. The van der Waals surface area contributed by atoms with Crippen LogP contribution in [0.2, 0.25) is 0 Å². The summed E-state index contributed by atoms with van der Waals surface area (Å²) in [5.74, 6) is -0.382. The topological polar surface area (TPSA) is 85.2 Å². The second-order valence-corrected chi connectivity index (χ2v) is 4.51. The number of rotatable bonds is 6. The fourth-order valence-electron chi connectivity index (χ4n) is 1.96. The number of aliphatic carboxylic acids is 1. The van der Waals surface area contributed by atoms with Crippen LogP contribution < -0.4 is 4.74 Å². The molecule has 1 aromatic heterocycles. The van der Waals surface area contributed by atoms with Crippen molar-refractivity contribution in [2.45, 2.75) is 33.1 Å². The maximum absolute atomic E-state index is 10.7. The van der Waals surface area contributed by atoms with Crippen LogP contribution in [0.3, 0.4) is 0 Å². The fraction of sp³-hybridized carbons (Fsp3) is 0.333. The van der Waals surface area contributed by atoms with E-state index in [1.807, 2.05) is 13.8 Å². The summed E-state index contributed by atoms with van der Waals surface area (Å²) in [6.45, 7) is 4.00. The van der Waals surface area contributed by atoms with Crippen LogP contribution >= 0.6 is 0 Å². The van der Waals surface area contributed by atoms with Crippen LogP contribution in [0.25, 0.3) is 0 Å². The molecule has 6 heteroatoms. The first-order valence-corrected chi connectivity index (χ1v) is 6.83. The van der Waals surface area contributed by atoms with Crippen LogP contribution in [0.15, 0.2) is 24.3 Å². The van der Waals surface area contributed by atoms with Gasteiger partial charge < -0.3 is 9.84 Å². The number of benzene rings is 1. The summed E-state index contributed by atoms with van der Waals surface area (Å²) < 4.78 is 5.56. The predicted molar refractivity (Wildman–Crippen MR) is 76.4 cm³/mol. The van der Waals surface area contributed by atoms with Crippen molar-refractivity contribution >= 4 is 5.97 Å². The first-order chi connectivity index (χ1) is 10.1. The van der Waals surface area contributed by atoms with E-state index in [0.29, 0.717) is 11.3 Å². The lowest BCUT2D eigenvalue weighted by atomic mass is 10.1. The van der Waals surface area contributed by atoms with Crippen LogP contribution in [0.1, 0.15) is 30.8 Å². The lowest BCUT2D eigenvalue weighted by Crippen LogP contribution is -2.04. The quantitative estimate of drug-likeness (QED) is 0.878. The Morgan fingerprint density at radius 1 is 1.19 bits per heavy atom. The van der Waals surface area contributed by atoms with Gasteiger partial charge in [0.25, 0.3) is 0 Å². The highest BCUT2D eigenvalue weighted by atomic mass is 16.5. The second-order valence-electron chi connectivity index (χ2n) is 4.51. The molecule has 21 heavy (non-hydrogen) atoms. The van der Waals surface area contributed by atoms with Crippen molar-refractivity contribution in [3.8, 4) is 11.8 Å². The van der Waals surface area contributed by atoms with E-state index in [1.54, 1.807) is 24.3 Å². The summed E-state index contributed by atoms with van der Waals surface area (Å²) in [6, 6.07) is 7.04. The Hall–Kier alpha value is -2.50. The van der Waals surface area contributed by atoms with Crippen LogP contribution in [-0.2, 0) is 24.1 Å². The van der Waals surface area contributed by atoms with E-state index in [2.05, 4.69) is 15.2 Å². The monoisotopic (exact) mass is 287 g/mol. The average molecular weight is 287 g/mol. The van der Waals surface area contributed by atoms with Gasteiger partial charge >= 0.3 is 12.0 Å². The van der Waals surface area contributed by atoms with E-state index in [1.165, 1.54) is 0 Å². The third-order valence-electron chi connectivity index (χ3n) is 2.95. The molecule has 2 aromatic rings. The summed E-state index contributed by atoms with van der Waals surface area (Å²) in [6.07, 6.45) is 1.48. The highest BCUT2D eigenvalue weighted by Gasteiger charge is 2.09. The molecule has 0 amide bonds. The molecule has 0 spiro atoms. The molecule has 0 saturated carbocycles. The molecule has 0 aliphatic rings. The first-order valence-electron chi connectivity index (χ1n) is 6.83. The number of hydrogen-bond acceptors (Lipinski definition) is 5. The predicted octanol–water partition coefficient (Wildman–Crippen LogP) is 2.42. The number of aromatic nitrogens is 3. The number of hydrogen-bond donors (Lipinski definition) is 1. The number of carbonyl (C=O) groups is 1. The summed E-state index contributed by atoms with van der Waals surface area (Å²) in [4.78, 5) is 15.1. The average Bonchev–Trinajstić information content (AvgIpc) is 2.46. The van der Waals surface area contributed by atoms with E-state index in [0.717, 1.165) is 24.2 Å². The largest absolute Gasteiger partial charge is 0.481 e. The molecule has 1 heterocycles. The Labute approximate surface area is 122 Å². The van der Waals surface area contributed by atoms with Gasteiger partial charge in [-0.2, -0.15) is 4.98 Å². The van der Waals surface area contributed by atoms with Crippen molar-refractivity contribution in [2.75, 3.05) is 0 Å². The molecule has 0 saturated heterocycles. The Morgan fingerprint density at radius 2 is 1.95 bits per heavy atom. The van der Waals surface area contributed by atoms with Gasteiger partial charge in [-0.15, -0.1) is 5.10 Å². The molecule has 0 bridgehead atoms. The Balaban J connectivity index is 2.19. The van der Waals surface area contributed by atoms with E-state index < -0.39 is 5.97 Å². The molecule has 0 radical (unpaired) electrons. The van der Waals surface area contributed by atoms with Crippen LogP contribution in [0.5, 0.6) is 11.8 Å². The number of carboxylic acids is 1. The molecular weight excluding hydrogens is 270 g/mol. The maximum atomic E-state index is 10.7. The van der Waals surface area contributed by atoms with Crippen molar-refractivity contribution in [3.05, 3.63) is 41.2 Å². The third kappa shape index (κ3) is 3.98. The van der Waals surface area contributed by atoms with Gasteiger partial charge in [0.1, 0.15) is 5.75 Å². The minimum atomic E-state index is -0.884. The highest BCUT2D eigenvalue weighted by Crippen LogP contribution is 2.20. The number of ether oxygens (including phenoxy) is 1. The summed E-state index contributed by atoms with van der Waals surface area (Å²) in [7, 11) is 0. The molecular formula is C15H17N3O3. The van der Waals surface area contributed by atoms with E-state index in [4.69, 9.17) is 9.84 Å². The van der Waals surface area contributed by atoms with Gasteiger partial charge in [0, 0.05) is 0 Å². The minimum absolute atomic E-state index is 0.0503. The smallest absolute Gasteiger partial charge is 0.341 e. The molecule has 0 fully saturated rings. The summed E-state index contributed by atoms with van der Waals surface area (Å²) >= 11 is 0. The van der Waals surface area contributed by atoms with E-state index in [9.17, 15) is 4.79 Å². The normalized spacial score (nSPS) is 10.4. The van der Waals surface area contributed by atoms with Crippen molar-refractivity contribution < 1.29 is 14.6 Å². The zero-order valence-electron chi connectivity index (χ0n) is 12.0. The van der Waals surface area contributed by atoms with Crippen LogP contribution in [-0.4, -0.2) is 26.3 Å². The first kappa shape index (κ1) is 14.9. The molecule has 1 N–H and O–H groups in total. The number of aryl methyl sites for hydroxylation is 2. The van der Waals surface area contributed by atoms with Crippen molar-refractivity contribution in [1.29, 1.82) is 0 Å². The number of carboxylic acid groups (broad SMARTS) is 1. The van der Waals surface area contributed by atoms with Crippen LogP contribution in [0, 0.1) is 0 Å². The van der Waals surface area contributed by atoms with Crippen molar-refractivity contribution in [3.63, 3.8) is 0 Å². The Bertz CT molecular complexity index is 644. The molecule has 0 unspecified atom stereocenters. The Morgan fingerprint density at radius 3 is 2.62 bits per heavy atom. The zero-order chi connectivity index (χ0) is 15.2. The fourth-order valence-corrected chi connectivity index (χ4v) is 1.96. The molecule has 2 rings (SSSR count). The van der Waals surface area contributed by atoms with Gasteiger partial charge in [-0.25, -0.2) is 0 Å². The standard InChI is InChI=1S/C15H17N3O3/c1-3-12-13(4-2)17-18-15(16-12)21-11-7-5-6-10(8-11)9-14(19)20/h5-8H,3-4,9H2,1-2H3,(H,19,20). The van der Waals surface area contributed by atoms with E-state index >= 15 is 0 Å². The van der Waals surface area contributed by atoms with Gasteiger partial charge in [-0.05, 0) is 30.5 Å². The molecule has 0 aliphatic carbocycles. The molecule has 1 aromatic carbocycles. The SMILES string of the molecule is CCc1nnc(Oc2cccc(CC(=O)O)c2)nc1CC. The van der Waals surface area contributed by atoms with Crippen LogP contribution in [0.4, 0.5) is 0 Å². The zero-order valence-corrected chi connectivity index (χ0v) is 12.0. The molecule has 6 nitrogen and oxygen atoms in total. The molecule has 0 atom stereocenters. The van der Waals surface area contributed by atoms with Gasteiger partial charge in [-0.1, -0.05) is 31.1 Å². The van der Waals surface area contributed by atoms with Gasteiger partial charge in [0.05, 0.1) is 17.8 Å². The Kier molecular flexibility index (Phi) is 4.81. The summed E-state index contributed by atoms with van der Waals surface area (Å²) in [5, 5.41) is 16.8.